The van der Waals surface area contributed by atoms with Crippen molar-refractivity contribution in [2.24, 2.45) is 0 Å². The van der Waals surface area contributed by atoms with Crippen molar-refractivity contribution in [3.05, 3.63) is 279 Å². The number of hydrogen-bond donors (Lipinski definition) is 0. The highest BCUT2D eigenvalue weighted by Crippen LogP contribution is 2.34. The molecule has 10 aromatic heterocycles. The van der Waals surface area contributed by atoms with Gasteiger partial charge < -0.3 is 0 Å². The van der Waals surface area contributed by atoms with Crippen LogP contribution >= 0.6 is 0 Å². The minimum absolute atomic E-state index is 0.816. The Morgan fingerprint density at radius 1 is 0.163 bits per heavy atom. The summed E-state index contributed by atoms with van der Waals surface area (Å²) < 4.78 is 0. The third kappa shape index (κ3) is 9.48. The predicted octanol–water partition coefficient (Wildman–Crippen LogP) is 18.2. The van der Waals surface area contributed by atoms with Gasteiger partial charge >= 0.3 is 0 Å². The van der Waals surface area contributed by atoms with E-state index >= 15 is 0 Å². The lowest BCUT2D eigenvalue weighted by atomic mass is 10.0. The smallest absolute Gasteiger partial charge is 0.0973 e. The van der Waals surface area contributed by atoms with Crippen molar-refractivity contribution in [1.29, 1.82) is 0 Å². The fraction of sp³-hybridized carbons (Fsp3) is 0. The van der Waals surface area contributed by atoms with Gasteiger partial charge in [-0.2, -0.15) is 0 Å². The van der Waals surface area contributed by atoms with Crippen LogP contribution in [0, 0.1) is 0 Å². The molecule has 0 fully saturated rings. The number of pyridine rings is 10. The zero-order valence-corrected chi connectivity index (χ0v) is 46.0. The molecule has 0 unspecified atom stereocenters. The Labute approximate surface area is 493 Å². The fourth-order valence-corrected chi connectivity index (χ4v) is 11.3. The van der Waals surface area contributed by atoms with E-state index in [0.717, 1.165) is 166 Å². The highest BCUT2D eigenvalue weighted by molar-refractivity contribution is 6.05. The quantitative estimate of drug-likeness (QED) is 0.142. The molecule has 0 radical (unpaired) electrons. The molecule has 7 aromatic carbocycles. The number of rotatable bonds is 7. The van der Waals surface area contributed by atoms with Crippen molar-refractivity contribution in [1.82, 2.24) is 49.8 Å². The van der Waals surface area contributed by atoms with E-state index in [-0.39, 0.29) is 0 Å². The van der Waals surface area contributed by atoms with Crippen LogP contribution in [0.2, 0.25) is 0 Å². The second kappa shape index (κ2) is 21.1. The van der Waals surface area contributed by atoms with Crippen LogP contribution in [0.15, 0.2) is 279 Å². The van der Waals surface area contributed by atoms with E-state index in [1.165, 1.54) is 0 Å². The summed E-state index contributed by atoms with van der Waals surface area (Å²) in [6.07, 6.45) is 5.40. The third-order valence-electron chi connectivity index (χ3n) is 15.8. The molecule has 17 aromatic rings. The number of nitrogens with zero attached hydrogens (tertiary/aromatic N) is 10. The second-order valence-electron chi connectivity index (χ2n) is 21.2. The number of fused-ring (bicyclic) bond motifs is 10. The molecule has 86 heavy (non-hydrogen) atoms. The van der Waals surface area contributed by atoms with E-state index < -0.39 is 0 Å². The van der Waals surface area contributed by atoms with Crippen molar-refractivity contribution < 1.29 is 0 Å². The first-order valence-corrected chi connectivity index (χ1v) is 28.4. The van der Waals surface area contributed by atoms with E-state index in [9.17, 15) is 0 Å². The van der Waals surface area contributed by atoms with Crippen LogP contribution in [-0.4, -0.2) is 49.8 Å². The summed E-state index contributed by atoms with van der Waals surface area (Å²) in [5.74, 6) is 0. The average Bonchev–Trinajstić information content (AvgIpc) is 3.72. The third-order valence-corrected chi connectivity index (χ3v) is 15.8. The topological polar surface area (TPSA) is 129 Å². The van der Waals surface area contributed by atoms with Gasteiger partial charge in [-0.05, 0) is 119 Å². The standard InChI is InChI=1S/C41H25N5.C35H21N5/c1-2-6-26(7-3-1)33-19-17-29-11-12-30-18-22-37(46-41(30)40(29)45-33)36-21-16-28-10-14-32(25-39(28)44-36)31-13-9-27-15-20-35(43-38(27)24-31)34-8-4-5-23-42-34;1-2-18-36-28(5-1)29-15-12-22-6-10-26(20-32(22)38-29)27-11-7-23-13-16-30(39-33(23)21-27)31-17-14-25-9-8-24-4-3-19-37-34(24)35(25)40-31/h1-25H;1-21H. The van der Waals surface area contributed by atoms with Crippen LogP contribution in [-0.2, 0) is 0 Å². The zero-order valence-electron chi connectivity index (χ0n) is 46.0. The van der Waals surface area contributed by atoms with Gasteiger partial charge in [0.15, 0.2) is 0 Å². The molecule has 0 saturated carbocycles. The molecule has 17 rings (SSSR count). The summed E-state index contributed by atoms with van der Waals surface area (Å²) in [7, 11) is 0. The summed E-state index contributed by atoms with van der Waals surface area (Å²) in [5, 5.41) is 8.58. The number of aromatic nitrogens is 10. The minimum Gasteiger partial charge on any atom is -0.255 e. The molecule has 0 bridgehead atoms. The molecule has 0 N–H and O–H groups in total. The molecular formula is C76H46N10. The van der Waals surface area contributed by atoms with Crippen LogP contribution in [0.5, 0.6) is 0 Å². The molecule has 0 spiro atoms. The molecule has 0 aliphatic carbocycles. The summed E-state index contributed by atoms with van der Waals surface area (Å²) in [6.45, 7) is 0. The molecule has 400 valence electrons. The van der Waals surface area contributed by atoms with Crippen LogP contribution in [0.4, 0.5) is 0 Å². The molecule has 10 heterocycles. The van der Waals surface area contributed by atoms with Crippen molar-refractivity contribution in [3.8, 4) is 79.1 Å². The monoisotopic (exact) mass is 1100 g/mol. The predicted molar refractivity (Wildman–Crippen MR) is 349 cm³/mol. The SMILES string of the molecule is c1ccc(-c2ccc3ccc(-c4ccc5ccc(-c6ccc7ccc8cccnc8c7n6)nc5c4)cc3n2)nc1.c1ccc(-c2ccc3ccc4ccc(-c5ccc6ccc(-c7ccc8ccc(-c9ccccn9)nc8c7)cc6n5)nc4c3n2)cc1. The van der Waals surface area contributed by atoms with Crippen molar-refractivity contribution >= 4 is 87.2 Å². The number of benzene rings is 7. The second-order valence-corrected chi connectivity index (χ2v) is 21.2. The van der Waals surface area contributed by atoms with Gasteiger partial charge in [0.05, 0.1) is 95.4 Å². The highest BCUT2D eigenvalue weighted by atomic mass is 14.8. The summed E-state index contributed by atoms with van der Waals surface area (Å²) in [4.78, 5) is 48.6. The molecule has 10 nitrogen and oxygen atoms in total. The fourth-order valence-electron chi connectivity index (χ4n) is 11.3. The lowest BCUT2D eigenvalue weighted by Gasteiger charge is -2.09. The van der Waals surface area contributed by atoms with Gasteiger partial charge in [-0.25, -0.2) is 34.9 Å². The molecule has 10 heteroatoms. The van der Waals surface area contributed by atoms with Crippen molar-refractivity contribution in [2.75, 3.05) is 0 Å². The van der Waals surface area contributed by atoms with E-state index in [4.69, 9.17) is 34.9 Å². The summed E-state index contributed by atoms with van der Waals surface area (Å²) >= 11 is 0. The molecule has 0 aliphatic heterocycles. The largest absolute Gasteiger partial charge is 0.255 e. The maximum absolute atomic E-state index is 5.12. The lowest BCUT2D eigenvalue weighted by Crippen LogP contribution is -1.93. The molecular weight excluding hydrogens is 1050 g/mol. The highest BCUT2D eigenvalue weighted by Gasteiger charge is 2.14. The lowest BCUT2D eigenvalue weighted by molar-refractivity contribution is 1.28. The van der Waals surface area contributed by atoms with Gasteiger partial charge in [-0.3, -0.25) is 15.0 Å². The Bertz CT molecular complexity index is 5490. The Balaban J connectivity index is 0.000000141. The number of hydrogen-bond acceptors (Lipinski definition) is 10. The van der Waals surface area contributed by atoms with Crippen LogP contribution in [0.25, 0.3) is 166 Å². The Kier molecular flexibility index (Phi) is 12.3. The van der Waals surface area contributed by atoms with Crippen molar-refractivity contribution in [3.63, 3.8) is 0 Å². The molecule has 0 aliphatic rings. The minimum atomic E-state index is 0.816. The Morgan fingerprint density at radius 2 is 0.465 bits per heavy atom. The first-order valence-electron chi connectivity index (χ1n) is 28.4. The van der Waals surface area contributed by atoms with Gasteiger partial charge in [-0.1, -0.05) is 164 Å². The van der Waals surface area contributed by atoms with Crippen LogP contribution < -0.4 is 0 Å². The van der Waals surface area contributed by atoms with Crippen LogP contribution in [0.1, 0.15) is 0 Å². The zero-order chi connectivity index (χ0) is 56.9. The molecule has 0 amide bonds. The van der Waals surface area contributed by atoms with Gasteiger partial charge in [0.25, 0.3) is 0 Å². The Hall–Kier alpha value is -11.9. The first kappa shape index (κ1) is 49.9. The van der Waals surface area contributed by atoms with E-state index in [0.29, 0.717) is 0 Å². The summed E-state index contributed by atoms with van der Waals surface area (Å²) in [5.41, 5.74) is 20.4. The van der Waals surface area contributed by atoms with Gasteiger partial charge in [0.1, 0.15) is 0 Å². The first-order chi connectivity index (χ1) is 42.5. The molecule has 0 saturated heterocycles. The molecule has 0 atom stereocenters. The summed E-state index contributed by atoms with van der Waals surface area (Å²) in [6, 6.07) is 89.0. The average molecular weight is 1100 g/mol. The van der Waals surface area contributed by atoms with E-state index in [1.807, 2.05) is 103 Å². The van der Waals surface area contributed by atoms with Crippen molar-refractivity contribution in [2.45, 2.75) is 0 Å². The van der Waals surface area contributed by atoms with E-state index in [1.54, 1.807) is 12.4 Å². The van der Waals surface area contributed by atoms with Gasteiger partial charge in [-0.15, -0.1) is 0 Å². The van der Waals surface area contributed by atoms with Gasteiger partial charge in [0.2, 0.25) is 0 Å². The maximum Gasteiger partial charge on any atom is 0.0973 e. The van der Waals surface area contributed by atoms with Crippen LogP contribution in [0.3, 0.4) is 0 Å². The van der Waals surface area contributed by atoms with E-state index in [2.05, 4.69) is 179 Å². The van der Waals surface area contributed by atoms with Gasteiger partial charge in [0, 0.05) is 67.2 Å². The maximum atomic E-state index is 5.12. The normalized spacial score (nSPS) is 11.5. The Morgan fingerprint density at radius 3 is 0.872 bits per heavy atom.